The Morgan fingerprint density at radius 3 is 2.50 bits per heavy atom. The van der Waals surface area contributed by atoms with Crippen LogP contribution in [-0.2, 0) is 4.79 Å². The van der Waals surface area contributed by atoms with E-state index in [1.54, 1.807) is 30.2 Å². The molecular formula is C22H21N2O5S-. The Kier molecular flexibility index (Phi) is 6.79. The van der Waals surface area contributed by atoms with Crippen molar-refractivity contribution in [2.75, 3.05) is 20.3 Å². The van der Waals surface area contributed by atoms with Gasteiger partial charge in [0.1, 0.15) is 0 Å². The van der Waals surface area contributed by atoms with Crippen molar-refractivity contribution in [3.05, 3.63) is 58.5 Å². The highest BCUT2D eigenvalue weighted by Gasteiger charge is 2.32. The van der Waals surface area contributed by atoms with Gasteiger partial charge in [-0.05, 0) is 67.1 Å². The fourth-order valence-electron chi connectivity index (χ4n) is 2.85. The maximum atomic E-state index is 12.8. The summed E-state index contributed by atoms with van der Waals surface area (Å²) in [4.78, 5) is 30.3. The first-order chi connectivity index (χ1) is 14.5. The summed E-state index contributed by atoms with van der Waals surface area (Å²) in [6.07, 6.45) is 1.79. The fraction of sp³-hybridized carbons (Fsp3) is 0.227. The maximum absolute atomic E-state index is 12.8. The largest absolute Gasteiger partial charge is 0.545 e. The van der Waals surface area contributed by atoms with Gasteiger partial charge in [-0.25, -0.2) is 4.99 Å². The standard InChI is InChI=1S/C22H22N2O5S/c1-4-24-20(25)19(13-14-6-11-17(29-5-2)18(12-14)28-3)30-22(24)23-16-9-7-15(8-10-16)21(26)27/h6-13H,4-5H2,1-3H3,(H,26,27)/p-1/b19-13-,23-22?. The van der Waals surface area contributed by atoms with Crippen molar-refractivity contribution in [3.63, 3.8) is 0 Å². The molecule has 7 nitrogen and oxygen atoms in total. The number of nitrogens with zero attached hydrogens (tertiary/aromatic N) is 2. The van der Waals surface area contributed by atoms with Gasteiger partial charge < -0.3 is 19.4 Å². The van der Waals surface area contributed by atoms with Gasteiger partial charge in [-0.3, -0.25) is 9.69 Å². The number of hydrogen-bond acceptors (Lipinski definition) is 7. The van der Waals surface area contributed by atoms with Crippen molar-refractivity contribution >= 4 is 40.6 Å². The second-order valence-electron chi connectivity index (χ2n) is 6.23. The first-order valence-corrected chi connectivity index (χ1v) is 10.2. The molecule has 2 aromatic rings. The summed E-state index contributed by atoms with van der Waals surface area (Å²) in [7, 11) is 1.57. The molecule has 0 spiro atoms. The summed E-state index contributed by atoms with van der Waals surface area (Å²) >= 11 is 1.27. The number of benzene rings is 2. The van der Waals surface area contributed by atoms with E-state index < -0.39 is 5.97 Å². The predicted molar refractivity (Wildman–Crippen MR) is 115 cm³/mol. The topological polar surface area (TPSA) is 91.3 Å². The van der Waals surface area contributed by atoms with Gasteiger partial charge in [0, 0.05) is 6.54 Å². The zero-order chi connectivity index (χ0) is 21.7. The molecule has 1 fully saturated rings. The van der Waals surface area contributed by atoms with E-state index in [1.165, 1.54) is 23.9 Å². The Labute approximate surface area is 179 Å². The van der Waals surface area contributed by atoms with Gasteiger partial charge in [0.15, 0.2) is 16.7 Å². The van der Waals surface area contributed by atoms with Crippen LogP contribution in [0.25, 0.3) is 6.08 Å². The summed E-state index contributed by atoms with van der Waals surface area (Å²) in [5.41, 5.74) is 1.44. The Hall–Kier alpha value is -3.26. The molecule has 3 rings (SSSR count). The molecular weight excluding hydrogens is 404 g/mol. The highest BCUT2D eigenvalue weighted by atomic mass is 32.2. The van der Waals surface area contributed by atoms with Crippen LogP contribution in [0.2, 0.25) is 0 Å². The van der Waals surface area contributed by atoms with Crippen LogP contribution in [0.5, 0.6) is 11.5 Å². The minimum Gasteiger partial charge on any atom is -0.545 e. The van der Waals surface area contributed by atoms with Crippen LogP contribution in [0, 0.1) is 0 Å². The molecule has 30 heavy (non-hydrogen) atoms. The third-order valence-corrected chi connectivity index (χ3v) is 5.32. The van der Waals surface area contributed by atoms with Crippen molar-refractivity contribution < 1.29 is 24.2 Å². The second-order valence-corrected chi connectivity index (χ2v) is 7.24. The first-order valence-electron chi connectivity index (χ1n) is 9.39. The molecule has 0 bridgehead atoms. The Bertz CT molecular complexity index is 1010. The van der Waals surface area contributed by atoms with E-state index in [0.29, 0.717) is 40.4 Å². The van der Waals surface area contributed by atoms with E-state index in [2.05, 4.69) is 4.99 Å². The number of likely N-dealkylation sites (N-methyl/N-ethyl adjacent to an activating group) is 1. The number of carbonyl (C=O) groups is 2. The lowest BCUT2D eigenvalue weighted by atomic mass is 10.2. The Morgan fingerprint density at radius 1 is 1.17 bits per heavy atom. The smallest absolute Gasteiger partial charge is 0.266 e. The third-order valence-electron chi connectivity index (χ3n) is 4.32. The highest BCUT2D eigenvalue weighted by Crippen LogP contribution is 2.35. The lowest BCUT2D eigenvalue weighted by Gasteiger charge is -2.12. The minimum atomic E-state index is -1.24. The molecule has 0 aromatic heterocycles. The van der Waals surface area contributed by atoms with Crippen LogP contribution < -0.4 is 14.6 Å². The van der Waals surface area contributed by atoms with E-state index >= 15 is 0 Å². The number of ether oxygens (including phenoxy) is 2. The van der Waals surface area contributed by atoms with Gasteiger partial charge >= 0.3 is 0 Å². The number of carboxylic acids is 1. The number of amides is 1. The van der Waals surface area contributed by atoms with Crippen LogP contribution in [0.3, 0.4) is 0 Å². The minimum absolute atomic E-state index is 0.0754. The van der Waals surface area contributed by atoms with Crippen molar-refractivity contribution in [1.29, 1.82) is 0 Å². The van der Waals surface area contributed by atoms with Crippen molar-refractivity contribution in [2.45, 2.75) is 13.8 Å². The molecule has 8 heteroatoms. The molecule has 0 N–H and O–H groups in total. The van der Waals surface area contributed by atoms with E-state index in [0.717, 1.165) is 5.56 Å². The summed E-state index contributed by atoms with van der Waals surface area (Å²) in [6, 6.07) is 11.5. The Morgan fingerprint density at radius 2 is 1.90 bits per heavy atom. The number of carbonyl (C=O) groups excluding carboxylic acids is 2. The van der Waals surface area contributed by atoms with Gasteiger partial charge in [0.25, 0.3) is 5.91 Å². The highest BCUT2D eigenvalue weighted by molar-refractivity contribution is 8.18. The molecule has 1 heterocycles. The van der Waals surface area contributed by atoms with Gasteiger partial charge in [0.05, 0.1) is 30.3 Å². The molecule has 1 aliphatic rings. The second kappa shape index (κ2) is 9.49. The fourth-order valence-corrected chi connectivity index (χ4v) is 3.92. The quantitative estimate of drug-likeness (QED) is 0.633. The summed E-state index contributed by atoms with van der Waals surface area (Å²) in [6.45, 7) is 4.76. The normalized spacial score (nSPS) is 16.4. The number of thioether (sulfide) groups is 1. The predicted octanol–water partition coefficient (Wildman–Crippen LogP) is 3.08. The Balaban J connectivity index is 1.89. The molecule has 0 radical (unpaired) electrons. The van der Waals surface area contributed by atoms with Crippen LogP contribution in [0.15, 0.2) is 52.4 Å². The van der Waals surface area contributed by atoms with Crippen molar-refractivity contribution in [3.8, 4) is 11.5 Å². The van der Waals surface area contributed by atoms with Gasteiger partial charge in [-0.1, -0.05) is 18.2 Å². The molecule has 0 atom stereocenters. The van der Waals surface area contributed by atoms with E-state index in [1.807, 2.05) is 32.0 Å². The third kappa shape index (κ3) is 4.65. The average Bonchev–Trinajstić information content (AvgIpc) is 3.03. The molecule has 156 valence electrons. The van der Waals surface area contributed by atoms with Crippen molar-refractivity contribution in [2.24, 2.45) is 4.99 Å². The van der Waals surface area contributed by atoms with Gasteiger partial charge in [0.2, 0.25) is 0 Å². The number of hydrogen-bond donors (Lipinski definition) is 0. The van der Waals surface area contributed by atoms with E-state index in [4.69, 9.17) is 9.47 Å². The first kappa shape index (κ1) is 21.4. The summed E-state index contributed by atoms with van der Waals surface area (Å²) in [5.74, 6) is -0.146. The summed E-state index contributed by atoms with van der Waals surface area (Å²) in [5, 5.41) is 11.4. The van der Waals surface area contributed by atoms with Crippen LogP contribution in [0.1, 0.15) is 29.8 Å². The maximum Gasteiger partial charge on any atom is 0.266 e. The van der Waals surface area contributed by atoms with Crippen LogP contribution in [0.4, 0.5) is 5.69 Å². The molecule has 1 amide bonds. The SMILES string of the molecule is CCOc1ccc(/C=C2\SC(=Nc3ccc(C(=O)[O-])cc3)N(CC)C2=O)cc1OC. The van der Waals surface area contributed by atoms with Crippen LogP contribution in [-0.4, -0.2) is 42.2 Å². The zero-order valence-corrected chi connectivity index (χ0v) is 17.7. The lowest BCUT2D eigenvalue weighted by molar-refractivity contribution is -0.255. The number of aliphatic imine (C=N–C) groups is 1. The molecule has 0 unspecified atom stereocenters. The van der Waals surface area contributed by atoms with Gasteiger partial charge in [-0.2, -0.15) is 0 Å². The van der Waals surface area contributed by atoms with E-state index in [9.17, 15) is 14.7 Å². The molecule has 0 aliphatic carbocycles. The van der Waals surface area contributed by atoms with Crippen LogP contribution >= 0.6 is 11.8 Å². The van der Waals surface area contributed by atoms with Crippen molar-refractivity contribution in [1.82, 2.24) is 4.90 Å². The number of rotatable bonds is 7. The number of methoxy groups -OCH3 is 1. The number of carboxylic acid groups (broad SMARTS) is 1. The average molecular weight is 425 g/mol. The zero-order valence-electron chi connectivity index (χ0n) is 16.9. The van der Waals surface area contributed by atoms with E-state index in [-0.39, 0.29) is 11.5 Å². The lowest BCUT2D eigenvalue weighted by Crippen LogP contribution is -2.28. The van der Waals surface area contributed by atoms with Gasteiger partial charge in [-0.15, -0.1) is 0 Å². The molecule has 2 aromatic carbocycles. The summed E-state index contributed by atoms with van der Waals surface area (Å²) < 4.78 is 10.9. The molecule has 1 saturated heterocycles. The monoisotopic (exact) mass is 425 g/mol. The number of aromatic carboxylic acids is 1. The number of amidine groups is 1. The molecule has 0 saturated carbocycles. The molecule has 1 aliphatic heterocycles.